The molecule has 98 valence electrons. The third kappa shape index (κ3) is 1.58. The van der Waals surface area contributed by atoms with Crippen LogP contribution in [0.25, 0.3) is 22.7 Å². The number of nitrogen functional groups attached to an aromatic ring is 1. The van der Waals surface area contributed by atoms with E-state index < -0.39 is 0 Å². The first-order chi connectivity index (χ1) is 9.84. The van der Waals surface area contributed by atoms with E-state index in [1.165, 1.54) is 22.2 Å². The highest BCUT2D eigenvalue weighted by atomic mass is 15.0. The van der Waals surface area contributed by atoms with Gasteiger partial charge in [-0.15, -0.1) is 0 Å². The molecular weight excluding hydrogens is 244 g/mol. The number of nitrogens with zero attached hydrogens (tertiary/aromatic N) is 1. The molecular formula is C18H16N2. The van der Waals surface area contributed by atoms with E-state index >= 15 is 0 Å². The van der Waals surface area contributed by atoms with E-state index in [4.69, 9.17) is 5.73 Å². The van der Waals surface area contributed by atoms with Gasteiger partial charge in [-0.1, -0.05) is 30.3 Å². The van der Waals surface area contributed by atoms with Gasteiger partial charge in [-0.05, 0) is 48.7 Å². The number of hydrogen-bond donors (Lipinski definition) is 1. The minimum atomic E-state index is 0.800. The van der Waals surface area contributed by atoms with Crippen LogP contribution in [0.1, 0.15) is 17.7 Å². The molecule has 0 fully saturated rings. The number of aryl methyl sites for hydroxylation is 1. The number of para-hydroxylation sites is 1. The Morgan fingerprint density at radius 1 is 1.00 bits per heavy atom. The van der Waals surface area contributed by atoms with Crippen LogP contribution in [0, 0.1) is 0 Å². The zero-order chi connectivity index (χ0) is 13.5. The molecule has 1 aliphatic carbocycles. The SMILES string of the molecule is Nc1cccc(-n2c3c(c4ccccc42)CCC=C3)c1. The van der Waals surface area contributed by atoms with Gasteiger partial charge < -0.3 is 10.3 Å². The molecule has 3 aromatic rings. The van der Waals surface area contributed by atoms with E-state index in [0.717, 1.165) is 24.2 Å². The summed E-state index contributed by atoms with van der Waals surface area (Å²) in [6, 6.07) is 16.7. The van der Waals surface area contributed by atoms with Crippen LogP contribution >= 0.6 is 0 Å². The van der Waals surface area contributed by atoms with Crippen LogP contribution in [0.15, 0.2) is 54.6 Å². The number of hydrogen-bond acceptors (Lipinski definition) is 1. The molecule has 20 heavy (non-hydrogen) atoms. The molecule has 1 heterocycles. The molecule has 2 aromatic carbocycles. The van der Waals surface area contributed by atoms with E-state index in [9.17, 15) is 0 Å². The van der Waals surface area contributed by atoms with Crippen LogP contribution < -0.4 is 5.73 Å². The predicted octanol–water partition coefficient (Wildman–Crippen LogP) is 4.17. The highest BCUT2D eigenvalue weighted by molar-refractivity contribution is 5.90. The summed E-state index contributed by atoms with van der Waals surface area (Å²) in [6.45, 7) is 0. The smallest absolute Gasteiger partial charge is 0.0537 e. The van der Waals surface area contributed by atoms with Crippen molar-refractivity contribution in [3.8, 4) is 5.69 Å². The zero-order valence-electron chi connectivity index (χ0n) is 11.2. The Labute approximate surface area is 118 Å². The number of anilines is 1. The van der Waals surface area contributed by atoms with Crippen LogP contribution in [0.2, 0.25) is 0 Å². The number of fused-ring (bicyclic) bond motifs is 3. The quantitative estimate of drug-likeness (QED) is 0.654. The second kappa shape index (κ2) is 4.27. The molecule has 0 amide bonds. The van der Waals surface area contributed by atoms with Gasteiger partial charge in [0.2, 0.25) is 0 Å². The van der Waals surface area contributed by atoms with Crippen LogP contribution in [-0.4, -0.2) is 4.57 Å². The number of allylic oxidation sites excluding steroid dienone is 1. The molecule has 1 aromatic heterocycles. The van der Waals surface area contributed by atoms with Crippen molar-refractivity contribution in [3.63, 3.8) is 0 Å². The second-order valence-corrected chi connectivity index (χ2v) is 5.25. The van der Waals surface area contributed by atoms with Gasteiger partial charge in [-0.2, -0.15) is 0 Å². The minimum absolute atomic E-state index is 0.800. The maximum atomic E-state index is 5.95. The van der Waals surface area contributed by atoms with E-state index in [1.807, 2.05) is 18.2 Å². The van der Waals surface area contributed by atoms with Crippen molar-refractivity contribution >= 4 is 22.7 Å². The summed E-state index contributed by atoms with van der Waals surface area (Å²) in [6.07, 6.45) is 6.73. The Balaban J connectivity index is 2.11. The molecule has 0 atom stereocenters. The topological polar surface area (TPSA) is 30.9 Å². The lowest BCUT2D eigenvalue weighted by Gasteiger charge is -2.12. The molecule has 0 saturated carbocycles. The zero-order valence-corrected chi connectivity index (χ0v) is 11.2. The van der Waals surface area contributed by atoms with Crippen molar-refractivity contribution in [1.29, 1.82) is 0 Å². The van der Waals surface area contributed by atoms with Crippen molar-refractivity contribution < 1.29 is 0 Å². The maximum Gasteiger partial charge on any atom is 0.0537 e. The van der Waals surface area contributed by atoms with Crippen molar-refractivity contribution in [2.45, 2.75) is 12.8 Å². The van der Waals surface area contributed by atoms with Gasteiger partial charge in [-0.3, -0.25) is 0 Å². The lowest BCUT2D eigenvalue weighted by Crippen LogP contribution is -2.00. The van der Waals surface area contributed by atoms with Gasteiger partial charge in [0.25, 0.3) is 0 Å². The Bertz CT molecular complexity index is 825. The summed E-state index contributed by atoms with van der Waals surface area (Å²) in [4.78, 5) is 0. The maximum absolute atomic E-state index is 5.95. The van der Waals surface area contributed by atoms with E-state index in [2.05, 4.69) is 47.1 Å². The monoisotopic (exact) mass is 260 g/mol. The van der Waals surface area contributed by atoms with Gasteiger partial charge in [0.1, 0.15) is 0 Å². The van der Waals surface area contributed by atoms with Gasteiger partial charge in [-0.25, -0.2) is 0 Å². The molecule has 0 bridgehead atoms. The van der Waals surface area contributed by atoms with Crippen LogP contribution in [-0.2, 0) is 6.42 Å². The Hall–Kier alpha value is -2.48. The normalized spacial score (nSPS) is 13.6. The molecule has 0 aliphatic heterocycles. The first-order valence-corrected chi connectivity index (χ1v) is 6.99. The van der Waals surface area contributed by atoms with E-state index in [0.29, 0.717) is 0 Å². The Morgan fingerprint density at radius 2 is 1.90 bits per heavy atom. The van der Waals surface area contributed by atoms with Crippen LogP contribution in [0.4, 0.5) is 5.69 Å². The van der Waals surface area contributed by atoms with Crippen LogP contribution in [0.3, 0.4) is 0 Å². The minimum Gasteiger partial charge on any atom is -0.399 e. The van der Waals surface area contributed by atoms with E-state index in [-0.39, 0.29) is 0 Å². The Kier molecular flexibility index (Phi) is 2.43. The fraction of sp³-hybridized carbons (Fsp3) is 0.111. The first kappa shape index (κ1) is 11.4. The molecule has 2 nitrogen and oxygen atoms in total. The molecule has 0 unspecified atom stereocenters. The number of rotatable bonds is 1. The third-order valence-corrected chi connectivity index (χ3v) is 3.99. The van der Waals surface area contributed by atoms with Gasteiger partial charge >= 0.3 is 0 Å². The van der Waals surface area contributed by atoms with Crippen molar-refractivity contribution in [3.05, 3.63) is 65.9 Å². The van der Waals surface area contributed by atoms with Gasteiger partial charge in [0, 0.05) is 22.5 Å². The molecule has 0 spiro atoms. The fourth-order valence-corrected chi connectivity index (χ4v) is 3.13. The average Bonchev–Trinajstić information content (AvgIpc) is 2.82. The summed E-state index contributed by atoms with van der Waals surface area (Å²) in [5.74, 6) is 0. The standard InChI is InChI=1S/C18H16N2/c19-13-6-5-7-14(12-13)20-17-10-3-1-8-15(17)16-9-2-4-11-18(16)20/h1,3-8,10-12H,2,9,19H2. The lowest BCUT2D eigenvalue weighted by atomic mass is 10.0. The molecule has 0 radical (unpaired) electrons. The fourth-order valence-electron chi connectivity index (χ4n) is 3.13. The Morgan fingerprint density at radius 3 is 2.80 bits per heavy atom. The lowest BCUT2D eigenvalue weighted by molar-refractivity contribution is 0.968. The first-order valence-electron chi connectivity index (χ1n) is 6.99. The summed E-state index contributed by atoms with van der Waals surface area (Å²) in [5.41, 5.74) is 11.9. The number of benzene rings is 2. The third-order valence-electron chi connectivity index (χ3n) is 3.99. The summed E-state index contributed by atoms with van der Waals surface area (Å²) in [5, 5.41) is 1.36. The molecule has 0 saturated heterocycles. The van der Waals surface area contributed by atoms with Crippen LogP contribution in [0.5, 0.6) is 0 Å². The van der Waals surface area contributed by atoms with Crippen molar-refractivity contribution in [2.75, 3.05) is 5.73 Å². The molecule has 1 aliphatic rings. The molecule has 4 rings (SSSR count). The highest BCUT2D eigenvalue weighted by Crippen LogP contribution is 2.33. The predicted molar refractivity (Wildman–Crippen MR) is 85.0 cm³/mol. The second-order valence-electron chi connectivity index (χ2n) is 5.25. The summed E-state index contributed by atoms with van der Waals surface area (Å²) < 4.78 is 2.32. The van der Waals surface area contributed by atoms with Gasteiger partial charge in [0.15, 0.2) is 0 Å². The number of nitrogens with two attached hydrogens (primary N) is 1. The number of aromatic nitrogens is 1. The summed E-state index contributed by atoms with van der Waals surface area (Å²) in [7, 11) is 0. The summed E-state index contributed by atoms with van der Waals surface area (Å²) >= 11 is 0. The molecule has 2 heteroatoms. The molecule has 2 N–H and O–H groups in total. The van der Waals surface area contributed by atoms with E-state index in [1.54, 1.807) is 0 Å². The average molecular weight is 260 g/mol. The van der Waals surface area contributed by atoms with Gasteiger partial charge in [0.05, 0.1) is 5.52 Å². The highest BCUT2D eigenvalue weighted by Gasteiger charge is 2.17. The largest absolute Gasteiger partial charge is 0.399 e. The van der Waals surface area contributed by atoms with Crippen molar-refractivity contribution in [1.82, 2.24) is 4.57 Å². The van der Waals surface area contributed by atoms with Crippen molar-refractivity contribution in [2.24, 2.45) is 0 Å².